The van der Waals surface area contributed by atoms with Gasteiger partial charge in [-0.25, -0.2) is 4.98 Å². The molecule has 0 unspecified atom stereocenters. The number of nitrogens with one attached hydrogen (secondary N) is 1. The second-order valence-electron chi connectivity index (χ2n) is 3.99. The van der Waals surface area contributed by atoms with Crippen molar-refractivity contribution in [3.63, 3.8) is 0 Å². The monoisotopic (exact) mass is 258 g/mol. The summed E-state index contributed by atoms with van der Waals surface area (Å²) in [4.78, 5) is 7.33. The molecule has 0 amide bonds. The molecule has 0 aliphatic carbocycles. The van der Waals surface area contributed by atoms with Crippen molar-refractivity contribution < 1.29 is 4.42 Å². The minimum Gasteiger partial charge on any atom is -0.464 e. The van der Waals surface area contributed by atoms with Crippen LogP contribution in [0.25, 0.3) is 11.3 Å². The molecule has 4 heteroatoms. The maximum absolute atomic E-state index is 6.06. The van der Waals surface area contributed by atoms with Crippen LogP contribution in [0.15, 0.2) is 53.4 Å². The van der Waals surface area contributed by atoms with Crippen molar-refractivity contribution in [2.75, 3.05) is 0 Å². The number of nitrogens with zero attached hydrogens (tertiary/aromatic N) is 1. The molecule has 18 heavy (non-hydrogen) atoms. The lowest BCUT2D eigenvalue weighted by atomic mass is 10.0. The summed E-state index contributed by atoms with van der Waals surface area (Å²) >= 11 is 6.06. The molecule has 0 spiro atoms. The van der Waals surface area contributed by atoms with Crippen LogP contribution in [0, 0.1) is 0 Å². The van der Waals surface area contributed by atoms with Crippen molar-refractivity contribution in [1.82, 2.24) is 9.97 Å². The highest BCUT2D eigenvalue weighted by molar-refractivity contribution is 6.30. The lowest BCUT2D eigenvalue weighted by Crippen LogP contribution is -1.94. The van der Waals surface area contributed by atoms with Gasteiger partial charge in [-0.2, -0.15) is 0 Å². The normalized spacial score (nSPS) is 10.7. The van der Waals surface area contributed by atoms with Crippen molar-refractivity contribution in [3.8, 4) is 11.3 Å². The maximum atomic E-state index is 6.06. The summed E-state index contributed by atoms with van der Waals surface area (Å²) in [5, 5.41) is 0.715. The van der Waals surface area contributed by atoms with E-state index < -0.39 is 0 Å². The first-order valence-electron chi connectivity index (χ1n) is 5.63. The van der Waals surface area contributed by atoms with Crippen LogP contribution in [-0.4, -0.2) is 9.97 Å². The molecule has 0 radical (unpaired) electrons. The second-order valence-corrected chi connectivity index (χ2v) is 4.43. The number of aromatic nitrogens is 2. The summed E-state index contributed by atoms with van der Waals surface area (Å²) in [7, 11) is 0. The van der Waals surface area contributed by atoms with Gasteiger partial charge in [0.2, 0.25) is 0 Å². The van der Waals surface area contributed by atoms with Crippen LogP contribution < -0.4 is 0 Å². The molecule has 3 nitrogen and oxygen atoms in total. The van der Waals surface area contributed by atoms with Gasteiger partial charge in [0.15, 0.2) is 0 Å². The molecule has 90 valence electrons. The Balaban J connectivity index is 2.04. The standard InChI is InChI=1S/C14H11ClN2O/c15-11-3-4-12(13-2-1-7-18-13)10(8-11)9-14-16-5-6-17-14/h1-8H,9H2,(H,16,17). The third kappa shape index (κ3) is 2.17. The molecule has 3 rings (SSSR count). The summed E-state index contributed by atoms with van der Waals surface area (Å²) in [6, 6.07) is 9.60. The fourth-order valence-corrected chi connectivity index (χ4v) is 2.15. The molecule has 2 heterocycles. The Morgan fingerprint density at radius 1 is 1.28 bits per heavy atom. The molecular formula is C14H11ClN2O. The number of H-pyrrole nitrogens is 1. The molecular weight excluding hydrogens is 248 g/mol. The zero-order chi connectivity index (χ0) is 12.4. The summed E-state index contributed by atoms with van der Waals surface area (Å²) < 4.78 is 5.45. The van der Waals surface area contributed by atoms with E-state index in [1.165, 1.54) is 0 Å². The Hall–Kier alpha value is -2.00. The molecule has 3 aromatic rings. The van der Waals surface area contributed by atoms with Crippen molar-refractivity contribution in [3.05, 3.63) is 65.4 Å². The lowest BCUT2D eigenvalue weighted by Gasteiger charge is -2.06. The molecule has 1 aromatic carbocycles. The van der Waals surface area contributed by atoms with Crippen LogP contribution in [0.5, 0.6) is 0 Å². The highest BCUT2D eigenvalue weighted by atomic mass is 35.5. The predicted octanol–water partition coefficient (Wildman–Crippen LogP) is 3.91. The van der Waals surface area contributed by atoms with E-state index >= 15 is 0 Å². The molecule has 0 aliphatic heterocycles. The Morgan fingerprint density at radius 3 is 2.94 bits per heavy atom. The first-order chi connectivity index (χ1) is 8.83. The topological polar surface area (TPSA) is 41.8 Å². The summed E-state index contributed by atoms with van der Waals surface area (Å²) in [6.45, 7) is 0. The predicted molar refractivity (Wildman–Crippen MR) is 70.5 cm³/mol. The van der Waals surface area contributed by atoms with Crippen LogP contribution in [-0.2, 0) is 6.42 Å². The highest BCUT2D eigenvalue weighted by Crippen LogP contribution is 2.28. The number of imidazole rings is 1. The molecule has 0 saturated heterocycles. The number of furan rings is 1. The number of halogens is 1. The largest absolute Gasteiger partial charge is 0.464 e. The molecule has 0 fully saturated rings. The van der Waals surface area contributed by atoms with Crippen molar-refractivity contribution >= 4 is 11.6 Å². The SMILES string of the molecule is Clc1ccc(-c2ccco2)c(Cc2ncc[nH]2)c1. The Kier molecular flexibility index (Phi) is 2.90. The zero-order valence-corrected chi connectivity index (χ0v) is 10.3. The third-order valence-corrected chi connectivity index (χ3v) is 3.00. The van der Waals surface area contributed by atoms with Gasteiger partial charge in [0.05, 0.1) is 6.26 Å². The molecule has 2 aromatic heterocycles. The van der Waals surface area contributed by atoms with Gasteiger partial charge < -0.3 is 9.40 Å². The number of benzene rings is 1. The van der Waals surface area contributed by atoms with Crippen LogP contribution in [0.4, 0.5) is 0 Å². The van der Waals surface area contributed by atoms with Gasteiger partial charge in [-0.3, -0.25) is 0 Å². The van der Waals surface area contributed by atoms with E-state index in [-0.39, 0.29) is 0 Å². The van der Waals surface area contributed by atoms with E-state index in [9.17, 15) is 0 Å². The summed E-state index contributed by atoms with van der Waals surface area (Å²) in [5.41, 5.74) is 2.13. The first-order valence-corrected chi connectivity index (χ1v) is 6.01. The Morgan fingerprint density at radius 2 is 2.22 bits per heavy atom. The zero-order valence-electron chi connectivity index (χ0n) is 9.56. The smallest absolute Gasteiger partial charge is 0.134 e. The van der Waals surface area contributed by atoms with E-state index in [4.69, 9.17) is 16.0 Å². The van der Waals surface area contributed by atoms with E-state index in [0.717, 1.165) is 22.7 Å². The van der Waals surface area contributed by atoms with Gasteiger partial charge in [-0.15, -0.1) is 0 Å². The number of rotatable bonds is 3. The van der Waals surface area contributed by atoms with E-state index in [2.05, 4.69) is 9.97 Å². The number of hydrogen-bond acceptors (Lipinski definition) is 2. The minimum atomic E-state index is 0.698. The molecule has 0 saturated carbocycles. The maximum Gasteiger partial charge on any atom is 0.134 e. The van der Waals surface area contributed by atoms with Gasteiger partial charge in [0.25, 0.3) is 0 Å². The first kappa shape index (κ1) is 11.1. The Labute approximate surface area is 109 Å². The summed E-state index contributed by atoms with van der Waals surface area (Å²) in [5.74, 6) is 1.75. The van der Waals surface area contributed by atoms with E-state index in [0.29, 0.717) is 11.4 Å². The highest BCUT2D eigenvalue weighted by Gasteiger charge is 2.10. The van der Waals surface area contributed by atoms with Crippen LogP contribution in [0.3, 0.4) is 0 Å². The fourth-order valence-electron chi connectivity index (χ4n) is 1.96. The van der Waals surface area contributed by atoms with Crippen molar-refractivity contribution in [1.29, 1.82) is 0 Å². The van der Waals surface area contributed by atoms with Crippen LogP contribution in [0.1, 0.15) is 11.4 Å². The quantitative estimate of drug-likeness (QED) is 0.774. The van der Waals surface area contributed by atoms with Crippen LogP contribution >= 0.6 is 11.6 Å². The lowest BCUT2D eigenvalue weighted by molar-refractivity contribution is 0.581. The molecule has 0 bridgehead atoms. The molecule has 0 aliphatic rings. The van der Waals surface area contributed by atoms with Gasteiger partial charge in [-0.1, -0.05) is 11.6 Å². The van der Waals surface area contributed by atoms with Crippen molar-refractivity contribution in [2.45, 2.75) is 6.42 Å². The van der Waals surface area contributed by atoms with E-state index in [1.807, 2.05) is 36.5 Å². The average Bonchev–Trinajstić information content (AvgIpc) is 3.01. The fraction of sp³-hybridized carbons (Fsp3) is 0.0714. The van der Waals surface area contributed by atoms with Gasteiger partial charge >= 0.3 is 0 Å². The van der Waals surface area contributed by atoms with Crippen molar-refractivity contribution in [2.24, 2.45) is 0 Å². The summed E-state index contributed by atoms with van der Waals surface area (Å²) in [6.07, 6.45) is 5.92. The second kappa shape index (κ2) is 4.70. The number of hydrogen-bond donors (Lipinski definition) is 1. The van der Waals surface area contributed by atoms with Gasteiger partial charge in [-0.05, 0) is 35.9 Å². The van der Waals surface area contributed by atoms with Gasteiger partial charge in [0, 0.05) is 29.4 Å². The number of aromatic amines is 1. The van der Waals surface area contributed by atoms with Crippen LogP contribution in [0.2, 0.25) is 5.02 Å². The average molecular weight is 259 g/mol. The molecule has 1 N–H and O–H groups in total. The van der Waals surface area contributed by atoms with E-state index in [1.54, 1.807) is 12.5 Å². The van der Waals surface area contributed by atoms with Gasteiger partial charge in [0.1, 0.15) is 11.6 Å². The third-order valence-electron chi connectivity index (χ3n) is 2.77. The molecule has 0 atom stereocenters. The minimum absolute atomic E-state index is 0.698. The Bertz CT molecular complexity index is 630.